The molecule has 1 rings (SSSR count). The molecule has 0 aliphatic carbocycles. The quantitative estimate of drug-likeness (QED) is 0.703. The standard InChI is InChI=1S/C14H24N2O/c1-14(2,11-15-3)12-17-10-4-5-13-6-8-16-9-7-13/h6-9,15H,4-5,10-12H2,1-3H3. The molecule has 17 heavy (non-hydrogen) atoms. The Kier molecular flexibility index (Phi) is 6.16. The number of hydrogen-bond donors (Lipinski definition) is 1. The van der Waals surface area contributed by atoms with E-state index in [2.05, 4.69) is 36.3 Å². The fourth-order valence-electron chi connectivity index (χ4n) is 1.81. The second-order valence-corrected chi connectivity index (χ2v) is 5.21. The van der Waals surface area contributed by atoms with Gasteiger partial charge >= 0.3 is 0 Å². The Hall–Kier alpha value is -0.930. The van der Waals surface area contributed by atoms with Crippen molar-refractivity contribution < 1.29 is 4.74 Å². The number of aryl methyl sites for hydroxylation is 1. The van der Waals surface area contributed by atoms with Crippen molar-refractivity contribution in [1.82, 2.24) is 10.3 Å². The second-order valence-electron chi connectivity index (χ2n) is 5.21. The van der Waals surface area contributed by atoms with Crippen molar-refractivity contribution in [2.45, 2.75) is 26.7 Å². The molecule has 0 bridgehead atoms. The van der Waals surface area contributed by atoms with Gasteiger partial charge in [0.1, 0.15) is 0 Å². The van der Waals surface area contributed by atoms with Crippen LogP contribution in [0, 0.1) is 5.41 Å². The molecule has 0 aliphatic heterocycles. The highest BCUT2D eigenvalue weighted by molar-refractivity contribution is 5.09. The third kappa shape index (κ3) is 6.39. The van der Waals surface area contributed by atoms with Crippen molar-refractivity contribution in [3.63, 3.8) is 0 Å². The minimum Gasteiger partial charge on any atom is -0.381 e. The zero-order chi connectivity index (χ0) is 12.6. The molecule has 1 heterocycles. The van der Waals surface area contributed by atoms with Crippen LogP contribution >= 0.6 is 0 Å². The highest BCUT2D eigenvalue weighted by Gasteiger charge is 2.16. The first-order chi connectivity index (χ1) is 8.14. The van der Waals surface area contributed by atoms with Crippen LogP contribution in [0.3, 0.4) is 0 Å². The van der Waals surface area contributed by atoms with Crippen molar-refractivity contribution >= 4 is 0 Å². The van der Waals surface area contributed by atoms with Crippen LogP contribution in [0.1, 0.15) is 25.8 Å². The molecule has 1 N–H and O–H groups in total. The molecule has 0 amide bonds. The number of hydrogen-bond acceptors (Lipinski definition) is 3. The van der Waals surface area contributed by atoms with Crippen LogP contribution in [0.4, 0.5) is 0 Å². The van der Waals surface area contributed by atoms with E-state index in [1.165, 1.54) is 5.56 Å². The molecule has 0 unspecified atom stereocenters. The summed E-state index contributed by atoms with van der Waals surface area (Å²) in [5.74, 6) is 0. The zero-order valence-corrected chi connectivity index (χ0v) is 11.2. The molecule has 0 spiro atoms. The van der Waals surface area contributed by atoms with Gasteiger partial charge in [0.05, 0.1) is 6.61 Å². The molecular weight excluding hydrogens is 212 g/mol. The predicted octanol–water partition coefficient (Wildman–Crippen LogP) is 2.28. The van der Waals surface area contributed by atoms with Crippen LogP contribution in [0.5, 0.6) is 0 Å². The van der Waals surface area contributed by atoms with Crippen LogP contribution in [-0.4, -0.2) is 31.8 Å². The monoisotopic (exact) mass is 236 g/mol. The van der Waals surface area contributed by atoms with Gasteiger partial charge < -0.3 is 10.1 Å². The van der Waals surface area contributed by atoms with Crippen molar-refractivity contribution in [2.24, 2.45) is 5.41 Å². The van der Waals surface area contributed by atoms with E-state index in [1.807, 2.05) is 19.4 Å². The van der Waals surface area contributed by atoms with Gasteiger partial charge in [0.2, 0.25) is 0 Å². The van der Waals surface area contributed by atoms with Crippen molar-refractivity contribution in [3.05, 3.63) is 30.1 Å². The van der Waals surface area contributed by atoms with Crippen molar-refractivity contribution in [1.29, 1.82) is 0 Å². The summed E-state index contributed by atoms with van der Waals surface area (Å²) in [7, 11) is 1.98. The third-order valence-electron chi connectivity index (χ3n) is 2.65. The topological polar surface area (TPSA) is 34.1 Å². The molecule has 0 radical (unpaired) electrons. The van der Waals surface area contributed by atoms with Crippen LogP contribution in [0.15, 0.2) is 24.5 Å². The first-order valence-corrected chi connectivity index (χ1v) is 6.25. The maximum atomic E-state index is 5.72. The molecule has 0 saturated heterocycles. The van der Waals surface area contributed by atoms with Gasteiger partial charge in [-0.2, -0.15) is 0 Å². The van der Waals surface area contributed by atoms with Gasteiger partial charge in [0, 0.05) is 31.0 Å². The minimum atomic E-state index is 0.214. The van der Waals surface area contributed by atoms with E-state index in [-0.39, 0.29) is 5.41 Å². The van der Waals surface area contributed by atoms with E-state index >= 15 is 0 Å². The number of pyridine rings is 1. The molecule has 0 fully saturated rings. The summed E-state index contributed by atoms with van der Waals surface area (Å²) in [5.41, 5.74) is 1.55. The van der Waals surface area contributed by atoms with Gasteiger partial charge in [-0.1, -0.05) is 13.8 Å². The largest absolute Gasteiger partial charge is 0.381 e. The van der Waals surface area contributed by atoms with E-state index in [9.17, 15) is 0 Å². The predicted molar refractivity (Wildman–Crippen MR) is 71.1 cm³/mol. The lowest BCUT2D eigenvalue weighted by Gasteiger charge is -2.23. The molecular formula is C14H24N2O. The lowest BCUT2D eigenvalue weighted by Crippen LogP contribution is -2.31. The molecule has 3 nitrogen and oxygen atoms in total. The molecule has 0 saturated carbocycles. The third-order valence-corrected chi connectivity index (χ3v) is 2.65. The summed E-state index contributed by atoms with van der Waals surface area (Å²) >= 11 is 0. The number of rotatable bonds is 8. The van der Waals surface area contributed by atoms with E-state index in [0.29, 0.717) is 0 Å². The van der Waals surface area contributed by atoms with Crippen LogP contribution in [-0.2, 0) is 11.2 Å². The van der Waals surface area contributed by atoms with Gasteiger partial charge in [-0.05, 0) is 37.6 Å². The molecule has 3 heteroatoms. The molecule has 96 valence electrons. The fraction of sp³-hybridized carbons (Fsp3) is 0.643. The first-order valence-electron chi connectivity index (χ1n) is 6.25. The van der Waals surface area contributed by atoms with Gasteiger partial charge in [0.15, 0.2) is 0 Å². The van der Waals surface area contributed by atoms with Crippen LogP contribution in [0.25, 0.3) is 0 Å². The summed E-state index contributed by atoms with van der Waals surface area (Å²) in [6.45, 7) is 7.05. The number of aromatic nitrogens is 1. The van der Waals surface area contributed by atoms with Crippen LogP contribution < -0.4 is 5.32 Å². The average Bonchev–Trinajstić information content (AvgIpc) is 2.30. The van der Waals surface area contributed by atoms with Crippen molar-refractivity contribution in [2.75, 3.05) is 26.8 Å². The number of ether oxygens (including phenoxy) is 1. The Bertz CT molecular complexity index is 298. The number of nitrogens with one attached hydrogen (secondary N) is 1. The molecule has 0 aromatic carbocycles. The second kappa shape index (κ2) is 7.41. The highest BCUT2D eigenvalue weighted by atomic mass is 16.5. The maximum absolute atomic E-state index is 5.72. The summed E-state index contributed by atoms with van der Waals surface area (Å²) in [6, 6.07) is 4.12. The molecule has 1 aromatic rings. The highest BCUT2D eigenvalue weighted by Crippen LogP contribution is 2.13. The summed E-state index contributed by atoms with van der Waals surface area (Å²) in [5, 5.41) is 3.19. The van der Waals surface area contributed by atoms with Crippen molar-refractivity contribution in [3.8, 4) is 0 Å². The minimum absolute atomic E-state index is 0.214. The first kappa shape index (κ1) is 14.1. The van der Waals surface area contributed by atoms with E-state index in [4.69, 9.17) is 4.74 Å². The summed E-state index contributed by atoms with van der Waals surface area (Å²) in [6.07, 6.45) is 5.81. The van der Waals surface area contributed by atoms with E-state index in [0.717, 1.165) is 32.6 Å². The summed E-state index contributed by atoms with van der Waals surface area (Å²) < 4.78 is 5.72. The lowest BCUT2D eigenvalue weighted by molar-refractivity contribution is 0.0618. The Morgan fingerprint density at radius 3 is 2.65 bits per heavy atom. The SMILES string of the molecule is CNCC(C)(C)COCCCc1ccncc1. The van der Waals surface area contributed by atoms with Gasteiger partial charge in [-0.3, -0.25) is 4.98 Å². The van der Waals surface area contributed by atoms with Gasteiger partial charge in [0.25, 0.3) is 0 Å². The smallest absolute Gasteiger partial charge is 0.0529 e. The Morgan fingerprint density at radius 1 is 1.29 bits per heavy atom. The maximum Gasteiger partial charge on any atom is 0.0529 e. The Labute approximate surface area is 105 Å². The lowest BCUT2D eigenvalue weighted by atomic mass is 9.95. The molecule has 0 atom stereocenters. The van der Waals surface area contributed by atoms with Crippen LogP contribution in [0.2, 0.25) is 0 Å². The van der Waals surface area contributed by atoms with E-state index in [1.54, 1.807) is 0 Å². The van der Waals surface area contributed by atoms with Gasteiger partial charge in [-0.25, -0.2) is 0 Å². The fourth-order valence-corrected chi connectivity index (χ4v) is 1.81. The van der Waals surface area contributed by atoms with E-state index < -0.39 is 0 Å². The molecule has 1 aromatic heterocycles. The molecule has 0 aliphatic rings. The average molecular weight is 236 g/mol. The Balaban J connectivity index is 2.09. The van der Waals surface area contributed by atoms with Gasteiger partial charge in [-0.15, -0.1) is 0 Å². The summed E-state index contributed by atoms with van der Waals surface area (Å²) in [4.78, 5) is 4.00. The number of nitrogens with zero attached hydrogens (tertiary/aromatic N) is 1. The Morgan fingerprint density at radius 2 is 2.00 bits per heavy atom. The zero-order valence-electron chi connectivity index (χ0n) is 11.2. The normalized spacial score (nSPS) is 11.7.